The molecule has 1 aliphatic heterocycles. The van der Waals surface area contributed by atoms with Crippen LogP contribution in [0.2, 0.25) is 0 Å². The van der Waals surface area contributed by atoms with Gasteiger partial charge in [-0.15, -0.1) is 0 Å². The van der Waals surface area contributed by atoms with Crippen LogP contribution in [0.3, 0.4) is 0 Å². The molecule has 1 aromatic carbocycles. The van der Waals surface area contributed by atoms with Gasteiger partial charge in [-0.05, 0) is 38.3 Å². The van der Waals surface area contributed by atoms with E-state index in [0.717, 1.165) is 36.8 Å². The average molecular weight is 372 g/mol. The molecular formula is C21H28N2O4. The molecule has 0 spiro atoms. The lowest BCUT2D eigenvalue weighted by Gasteiger charge is -2.31. The maximum absolute atomic E-state index is 12.3. The molecule has 0 unspecified atom stereocenters. The van der Waals surface area contributed by atoms with Gasteiger partial charge in [0.1, 0.15) is 0 Å². The SMILES string of the molecule is Cc1ccc(NC(=O)COC(=O)[C@H]2CC(=O)N(C3CCCCC3)C2)c(C)c1. The fourth-order valence-electron chi connectivity index (χ4n) is 4.03. The van der Waals surface area contributed by atoms with Crippen LogP contribution in [0.5, 0.6) is 0 Å². The summed E-state index contributed by atoms with van der Waals surface area (Å²) in [5.74, 6) is -1.27. The molecule has 27 heavy (non-hydrogen) atoms. The minimum atomic E-state index is -0.465. The number of anilines is 1. The van der Waals surface area contributed by atoms with Crippen molar-refractivity contribution in [3.63, 3.8) is 0 Å². The first kappa shape index (κ1) is 19.4. The van der Waals surface area contributed by atoms with Crippen molar-refractivity contribution in [2.45, 2.75) is 58.4 Å². The molecular weight excluding hydrogens is 344 g/mol. The second-order valence-corrected chi connectivity index (χ2v) is 7.71. The lowest BCUT2D eigenvalue weighted by Crippen LogP contribution is -2.38. The van der Waals surface area contributed by atoms with Gasteiger partial charge in [-0.1, -0.05) is 37.0 Å². The van der Waals surface area contributed by atoms with Crippen LogP contribution in [0.25, 0.3) is 0 Å². The van der Waals surface area contributed by atoms with Gasteiger partial charge in [0.25, 0.3) is 5.91 Å². The van der Waals surface area contributed by atoms with E-state index in [1.807, 2.05) is 36.9 Å². The van der Waals surface area contributed by atoms with Crippen LogP contribution >= 0.6 is 0 Å². The Morgan fingerprint density at radius 3 is 2.63 bits per heavy atom. The molecule has 3 rings (SSSR count). The molecule has 6 heteroatoms. The predicted molar refractivity (Wildman–Crippen MR) is 102 cm³/mol. The number of hydrogen-bond donors (Lipinski definition) is 1. The molecule has 6 nitrogen and oxygen atoms in total. The quantitative estimate of drug-likeness (QED) is 0.806. The zero-order valence-corrected chi connectivity index (χ0v) is 16.1. The van der Waals surface area contributed by atoms with Crippen LogP contribution in [0, 0.1) is 19.8 Å². The van der Waals surface area contributed by atoms with Crippen molar-refractivity contribution in [1.29, 1.82) is 0 Å². The summed E-state index contributed by atoms with van der Waals surface area (Å²) in [6.07, 6.45) is 5.73. The summed E-state index contributed by atoms with van der Waals surface area (Å²) < 4.78 is 5.18. The van der Waals surface area contributed by atoms with Gasteiger partial charge >= 0.3 is 5.97 Å². The number of nitrogens with one attached hydrogen (secondary N) is 1. The van der Waals surface area contributed by atoms with Crippen molar-refractivity contribution in [3.8, 4) is 0 Å². The Morgan fingerprint density at radius 2 is 1.93 bits per heavy atom. The van der Waals surface area contributed by atoms with E-state index in [2.05, 4.69) is 5.32 Å². The first-order valence-electron chi connectivity index (χ1n) is 9.77. The largest absolute Gasteiger partial charge is 0.455 e. The second kappa shape index (κ2) is 8.55. The van der Waals surface area contributed by atoms with Crippen LogP contribution < -0.4 is 5.32 Å². The highest BCUT2D eigenvalue weighted by Gasteiger charge is 2.39. The Morgan fingerprint density at radius 1 is 1.19 bits per heavy atom. The molecule has 2 fully saturated rings. The Bertz CT molecular complexity index is 725. The van der Waals surface area contributed by atoms with Crippen LogP contribution in [0.4, 0.5) is 5.69 Å². The zero-order valence-electron chi connectivity index (χ0n) is 16.1. The molecule has 1 saturated carbocycles. The smallest absolute Gasteiger partial charge is 0.311 e. The fourth-order valence-corrected chi connectivity index (χ4v) is 4.03. The highest BCUT2D eigenvalue weighted by atomic mass is 16.5. The number of rotatable bonds is 5. The van der Waals surface area contributed by atoms with Crippen molar-refractivity contribution < 1.29 is 19.1 Å². The Labute approximate surface area is 160 Å². The summed E-state index contributed by atoms with van der Waals surface area (Å²) in [6.45, 7) is 3.99. The van der Waals surface area contributed by atoms with E-state index in [9.17, 15) is 14.4 Å². The Hall–Kier alpha value is -2.37. The number of carbonyl (C=O) groups excluding carboxylic acids is 3. The molecule has 0 radical (unpaired) electrons. The van der Waals surface area contributed by atoms with E-state index in [1.54, 1.807) is 0 Å². The highest BCUT2D eigenvalue weighted by Crippen LogP contribution is 2.29. The molecule has 146 valence electrons. The lowest BCUT2D eigenvalue weighted by molar-refractivity contribution is -0.151. The average Bonchev–Trinajstić information content (AvgIpc) is 3.04. The van der Waals surface area contributed by atoms with Crippen molar-refractivity contribution in [2.24, 2.45) is 5.92 Å². The topological polar surface area (TPSA) is 75.7 Å². The number of carbonyl (C=O) groups is 3. The first-order valence-corrected chi connectivity index (χ1v) is 9.77. The molecule has 1 aliphatic carbocycles. The minimum absolute atomic E-state index is 0.0311. The lowest BCUT2D eigenvalue weighted by atomic mass is 9.94. The third kappa shape index (κ3) is 4.87. The van der Waals surface area contributed by atoms with Crippen molar-refractivity contribution in [1.82, 2.24) is 4.90 Å². The van der Waals surface area contributed by atoms with Gasteiger partial charge in [0.15, 0.2) is 6.61 Å². The Kier molecular flexibility index (Phi) is 6.14. The van der Waals surface area contributed by atoms with Crippen LogP contribution in [-0.4, -0.2) is 41.9 Å². The number of esters is 1. The zero-order chi connectivity index (χ0) is 19.4. The number of benzene rings is 1. The summed E-state index contributed by atoms with van der Waals surface area (Å²) in [5.41, 5.74) is 2.78. The van der Waals surface area contributed by atoms with E-state index in [4.69, 9.17) is 4.74 Å². The van der Waals surface area contributed by atoms with Crippen molar-refractivity contribution in [3.05, 3.63) is 29.3 Å². The Balaban J connectivity index is 1.47. The molecule has 1 aromatic rings. The van der Waals surface area contributed by atoms with Gasteiger partial charge in [0, 0.05) is 24.7 Å². The highest BCUT2D eigenvalue weighted by molar-refractivity contribution is 5.94. The van der Waals surface area contributed by atoms with Gasteiger partial charge < -0.3 is 15.0 Å². The third-order valence-electron chi connectivity index (χ3n) is 5.51. The van der Waals surface area contributed by atoms with Crippen molar-refractivity contribution in [2.75, 3.05) is 18.5 Å². The normalized spacial score (nSPS) is 20.6. The summed E-state index contributed by atoms with van der Waals surface area (Å²) in [6, 6.07) is 5.99. The number of aryl methyl sites for hydroxylation is 2. The van der Waals surface area contributed by atoms with Gasteiger partial charge in [-0.2, -0.15) is 0 Å². The molecule has 1 N–H and O–H groups in total. The molecule has 0 aromatic heterocycles. The molecule has 2 amide bonds. The standard InChI is InChI=1S/C21H28N2O4/c1-14-8-9-18(15(2)10-14)22-19(24)13-27-21(26)16-11-20(25)23(12-16)17-6-4-3-5-7-17/h8-10,16-17H,3-7,11-13H2,1-2H3,(H,22,24)/t16-/m0/s1. The van der Waals surface area contributed by atoms with Crippen LogP contribution in [0.1, 0.15) is 49.7 Å². The molecule has 1 atom stereocenters. The van der Waals surface area contributed by atoms with Crippen LogP contribution in [-0.2, 0) is 19.1 Å². The summed E-state index contributed by atoms with van der Waals surface area (Å²) in [5, 5.41) is 2.76. The maximum Gasteiger partial charge on any atom is 0.311 e. The van der Waals surface area contributed by atoms with Crippen LogP contribution in [0.15, 0.2) is 18.2 Å². The fraction of sp³-hybridized carbons (Fsp3) is 0.571. The minimum Gasteiger partial charge on any atom is -0.455 e. The van der Waals surface area contributed by atoms with E-state index in [1.165, 1.54) is 6.42 Å². The maximum atomic E-state index is 12.3. The van der Waals surface area contributed by atoms with Gasteiger partial charge in [-0.3, -0.25) is 14.4 Å². The van der Waals surface area contributed by atoms with E-state index < -0.39 is 11.9 Å². The van der Waals surface area contributed by atoms with Crippen molar-refractivity contribution >= 4 is 23.5 Å². The third-order valence-corrected chi connectivity index (χ3v) is 5.51. The number of amides is 2. The number of ether oxygens (including phenoxy) is 1. The predicted octanol–water partition coefficient (Wildman–Crippen LogP) is 2.97. The van der Waals surface area contributed by atoms with Gasteiger partial charge in [-0.25, -0.2) is 0 Å². The van der Waals surface area contributed by atoms with E-state index in [-0.39, 0.29) is 30.9 Å². The summed E-state index contributed by atoms with van der Waals surface area (Å²) >= 11 is 0. The number of nitrogens with zero attached hydrogens (tertiary/aromatic N) is 1. The number of likely N-dealkylation sites (tertiary alicyclic amines) is 1. The van der Waals surface area contributed by atoms with Gasteiger partial charge in [0.2, 0.25) is 5.91 Å². The molecule has 1 heterocycles. The molecule has 0 bridgehead atoms. The second-order valence-electron chi connectivity index (χ2n) is 7.71. The summed E-state index contributed by atoms with van der Waals surface area (Å²) in [4.78, 5) is 38.5. The monoisotopic (exact) mass is 372 g/mol. The first-order chi connectivity index (χ1) is 12.9. The number of hydrogen-bond acceptors (Lipinski definition) is 4. The summed E-state index contributed by atoms with van der Waals surface area (Å²) in [7, 11) is 0. The van der Waals surface area contributed by atoms with E-state index >= 15 is 0 Å². The molecule has 2 aliphatic rings. The molecule has 1 saturated heterocycles. The van der Waals surface area contributed by atoms with E-state index in [0.29, 0.717) is 12.2 Å². The van der Waals surface area contributed by atoms with Gasteiger partial charge in [0.05, 0.1) is 5.92 Å².